The lowest BCUT2D eigenvalue weighted by Crippen LogP contribution is -2.53. The molecule has 2 aliphatic heterocycles. The highest BCUT2D eigenvalue weighted by Crippen LogP contribution is 2.51. The monoisotopic (exact) mass is 379 g/mol. The van der Waals surface area contributed by atoms with Gasteiger partial charge in [0.05, 0.1) is 12.2 Å². The third-order valence-electron chi connectivity index (χ3n) is 6.79. The number of epoxide rings is 1. The van der Waals surface area contributed by atoms with Crippen molar-refractivity contribution in [2.75, 3.05) is 20.3 Å². The van der Waals surface area contributed by atoms with E-state index in [0.29, 0.717) is 5.92 Å². The van der Waals surface area contributed by atoms with Gasteiger partial charge in [0.2, 0.25) is 0 Å². The van der Waals surface area contributed by atoms with Crippen LogP contribution in [0.1, 0.15) is 66.2 Å². The minimum absolute atomic E-state index is 0.0606. The van der Waals surface area contributed by atoms with Crippen molar-refractivity contribution in [3.8, 4) is 0 Å². The number of hydrogen-bond donors (Lipinski definition) is 0. The smallest absolute Gasteiger partial charge is 0.410 e. The molecular formula is C22H37NO4. The van der Waals surface area contributed by atoms with E-state index in [1.807, 2.05) is 4.90 Å². The quantitative estimate of drug-likeness (QED) is 0.502. The fourth-order valence-electron chi connectivity index (χ4n) is 5.16. The molecule has 154 valence electrons. The molecule has 2 saturated heterocycles. The zero-order valence-electron chi connectivity index (χ0n) is 17.7. The maximum absolute atomic E-state index is 12.7. The maximum Gasteiger partial charge on any atom is 0.410 e. The first-order valence-electron chi connectivity index (χ1n) is 10.7. The molecule has 3 fully saturated rings. The molecule has 1 amide bonds. The third kappa shape index (κ3) is 4.51. The molecule has 0 aromatic rings. The Morgan fingerprint density at radius 3 is 2.67 bits per heavy atom. The molecule has 5 heteroatoms. The standard InChI is InChI=1S/C22H37NO4/c1-15(2)8-6-9-16(3)19-20(25-5)18(11-12-22(19)14-26-22)27-21(24)23-13-7-10-17(23)4/h8,16-20H,6-7,9-14H2,1-5H3/t16-,17-,18?,19?,20?,22+/m1/s1. The Morgan fingerprint density at radius 2 is 2.11 bits per heavy atom. The van der Waals surface area contributed by atoms with Crippen LogP contribution in [-0.4, -0.2) is 55.1 Å². The van der Waals surface area contributed by atoms with Crippen molar-refractivity contribution in [3.05, 3.63) is 11.6 Å². The summed E-state index contributed by atoms with van der Waals surface area (Å²) in [5, 5.41) is 0. The Bertz CT molecular complexity index is 553. The summed E-state index contributed by atoms with van der Waals surface area (Å²) in [6.45, 7) is 10.3. The average Bonchev–Trinajstić information content (AvgIpc) is 3.25. The summed E-state index contributed by atoms with van der Waals surface area (Å²) in [4.78, 5) is 14.6. The van der Waals surface area contributed by atoms with E-state index in [2.05, 4.69) is 33.8 Å². The first-order valence-corrected chi connectivity index (χ1v) is 10.7. The van der Waals surface area contributed by atoms with Crippen LogP contribution in [0.5, 0.6) is 0 Å². The van der Waals surface area contributed by atoms with Crippen molar-refractivity contribution in [1.82, 2.24) is 4.90 Å². The number of nitrogens with zero attached hydrogens (tertiary/aromatic N) is 1. The minimum Gasteiger partial charge on any atom is -0.443 e. The molecule has 0 radical (unpaired) electrons. The summed E-state index contributed by atoms with van der Waals surface area (Å²) in [5.74, 6) is 0.732. The van der Waals surface area contributed by atoms with Gasteiger partial charge >= 0.3 is 6.09 Å². The lowest BCUT2D eigenvalue weighted by atomic mass is 9.68. The first kappa shape index (κ1) is 20.7. The van der Waals surface area contributed by atoms with E-state index < -0.39 is 0 Å². The van der Waals surface area contributed by atoms with Crippen LogP contribution in [0.4, 0.5) is 4.79 Å². The Hall–Kier alpha value is -1.07. The van der Waals surface area contributed by atoms with Gasteiger partial charge in [-0.15, -0.1) is 0 Å². The van der Waals surface area contributed by atoms with E-state index in [9.17, 15) is 4.79 Å². The predicted octanol–water partition coefficient (Wildman–Crippen LogP) is 4.55. The van der Waals surface area contributed by atoms with Crippen molar-refractivity contribution in [1.29, 1.82) is 0 Å². The molecule has 0 aromatic heterocycles. The Labute approximate surface area is 164 Å². The topological polar surface area (TPSA) is 51.3 Å². The van der Waals surface area contributed by atoms with E-state index in [4.69, 9.17) is 14.2 Å². The number of hydrogen-bond acceptors (Lipinski definition) is 4. The van der Waals surface area contributed by atoms with Gasteiger partial charge < -0.3 is 19.1 Å². The molecular weight excluding hydrogens is 342 g/mol. The van der Waals surface area contributed by atoms with Gasteiger partial charge in [-0.25, -0.2) is 4.79 Å². The largest absolute Gasteiger partial charge is 0.443 e. The zero-order valence-corrected chi connectivity index (χ0v) is 17.7. The number of carbonyl (C=O) groups is 1. The molecule has 3 rings (SSSR count). The van der Waals surface area contributed by atoms with E-state index in [1.165, 1.54) is 5.57 Å². The highest BCUT2D eigenvalue weighted by molar-refractivity contribution is 5.68. The second kappa shape index (κ2) is 8.52. The zero-order chi connectivity index (χ0) is 19.6. The van der Waals surface area contributed by atoms with Gasteiger partial charge in [0, 0.05) is 25.6 Å². The summed E-state index contributed by atoms with van der Waals surface area (Å²) >= 11 is 0. The Morgan fingerprint density at radius 1 is 1.37 bits per heavy atom. The molecule has 2 heterocycles. The third-order valence-corrected chi connectivity index (χ3v) is 6.79. The molecule has 1 spiro atoms. The van der Waals surface area contributed by atoms with Crippen LogP contribution in [0.3, 0.4) is 0 Å². The van der Waals surface area contributed by atoms with Crippen LogP contribution in [0, 0.1) is 11.8 Å². The van der Waals surface area contributed by atoms with Crippen molar-refractivity contribution in [2.45, 2.75) is 90.1 Å². The van der Waals surface area contributed by atoms with Gasteiger partial charge in [0.1, 0.15) is 12.2 Å². The van der Waals surface area contributed by atoms with Gasteiger partial charge in [-0.05, 0) is 65.2 Å². The fraction of sp³-hybridized carbons (Fsp3) is 0.864. The van der Waals surface area contributed by atoms with Gasteiger partial charge in [0.15, 0.2) is 0 Å². The van der Waals surface area contributed by atoms with Crippen molar-refractivity contribution in [2.24, 2.45) is 11.8 Å². The van der Waals surface area contributed by atoms with Gasteiger partial charge in [-0.1, -0.05) is 18.6 Å². The van der Waals surface area contributed by atoms with Crippen LogP contribution in [0.25, 0.3) is 0 Å². The molecule has 3 aliphatic rings. The summed E-state index contributed by atoms with van der Waals surface area (Å²) in [7, 11) is 1.75. The van der Waals surface area contributed by atoms with E-state index in [0.717, 1.165) is 51.7 Å². The molecule has 27 heavy (non-hydrogen) atoms. The molecule has 1 aliphatic carbocycles. The first-order chi connectivity index (χ1) is 12.9. The summed E-state index contributed by atoms with van der Waals surface area (Å²) in [6.07, 6.45) is 7.94. The SMILES string of the molecule is COC1C(OC(=O)N2CCC[C@H]2C)CC[C@]2(CO2)C1[C@H](C)CCC=C(C)C. The maximum atomic E-state index is 12.7. The summed E-state index contributed by atoms with van der Waals surface area (Å²) < 4.78 is 17.9. The van der Waals surface area contributed by atoms with Gasteiger partial charge in [-0.2, -0.15) is 0 Å². The molecule has 5 nitrogen and oxygen atoms in total. The number of rotatable bonds is 6. The predicted molar refractivity (Wildman–Crippen MR) is 106 cm³/mol. The number of likely N-dealkylation sites (tertiary alicyclic amines) is 1. The van der Waals surface area contributed by atoms with Crippen molar-refractivity contribution in [3.63, 3.8) is 0 Å². The van der Waals surface area contributed by atoms with Gasteiger partial charge in [0.25, 0.3) is 0 Å². The lowest BCUT2D eigenvalue weighted by molar-refractivity contribution is -0.118. The van der Waals surface area contributed by atoms with Crippen LogP contribution < -0.4 is 0 Å². The number of methoxy groups -OCH3 is 1. The molecule has 0 bridgehead atoms. The molecule has 1 saturated carbocycles. The van der Waals surface area contributed by atoms with E-state index in [1.54, 1.807) is 7.11 Å². The summed E-state index contributed by atoms with van der Waals surface area (Å²) in [6, 6.07) is 0.277. The normalized spacial score (nSPS) is 36.6. The molecule has 0 aromatic carbocycles. The number of allylic oxidation sites excluding steroid dienone is 2. The number of ether oxygens (including phenoxy) is 3. The number of carbonyl (C=O) groups excluding carboxylic acids is 1. The van der Waals surface area contributed by atoms with Crippen molar-refractivity contribution >= 4 is 6.09 Å². The van der Waals surface area contributed by atoms with Crippen LogP contribution in [0.2, 0.25) is 0 Å². The van der Waals surface area contributed by atoms with E-state index in [-0.39, 0.29) is 35.9 Å². The van der Waals surface area contributed by atoms with Crippen LogP contribution in [-0.2, 0) is 14.2 Å². The minimum atomic E-state index is -0.180. The second-order valence-electron chi connectivity index (χ2n) is 9.06. The number of amides is 1. The Kier molecular flexibility index (Phi) is 6.52. The highest BCUT2D eigenvalue weighted by Gasteiger charge is 2.60. The second-order valence-corrected chi connectivity index (χ2v) is 9.06. The molecule has 0 N–H and O–H groups in total. The van der Waals surface area contributed by atoms with Crippen LogP contribution in [0.15, 0.2) is 11.6 Å². The van der Waals surface area contributed by atoms with Gasteiger partial charge in [-0.3, -0.25) is 0 Å². The van der Waals surface area contributed by atoms with Crippen molar-refractivity contribution < 1.29 is 19.0 Å². The average molecular weight is 380 g/mol. The summed E-state index contributed by atoms with van der Waals surface area (Å²) in [5.41, 5.74) is 1.30. The van der Waals surface area contributed by atoms with E-state index >= 15 is 0 Å². The molecule has 6 atom stereocenters. The lowest BCUT2D eigenvalue weighted by Gasteiger charge is -2.43. The molecule has 3 unspecified atom stereocenters. The highest BCUT2D eigenvalue weighted by atomic mass is 16.6. The Balaban J connectivity index is 1.67. The van der Waals surface area contributed by atoms with Crippen LogP contribution >= 0.6 is 0 Å². The fourth-order valence-corrected chi connectivity index (χ4v) is 5.16.